The predicted molar refractivity (Wildman–Crippen MR) is 155 cm³/mol. The van der Waals surface area contributed by atoms with Crippen molar-refractivity contribution in [1.82, 2.24) is 0 Å². The Labute approximate surface area is 222 Å². The van der Waals surface area contributed by atoms with Crippen LogP contribution in [0.2, 0.25) is 0 Å². The highest BCUT2D eigenvalue weighted by atomic mass is 16.4. The number of carboxylic acids is 1. The summed E-state index contributed by atoms with van der Waals surface area (Å²) < 4.78 is 0. The van der Waals surface area contributed by atoms with Crippen molar-refractivity contribution in [2.75, 3.05) is 0 Å². The van der Waals surface area contributed by atoms with E-state index in [1.165, 1.54) is 116 Å². The number of hydrogen-bond acceptors (Lipinski definition) is 2. The van der Waals surface area contributed by atoms with Crippen molar-refractivity contribution in [3.05, 3.63) is 36.5 Å². The van der Waals surface area contributed by atoms with Crippen LogP contribution in [0.3, 0.4) is 0 Å². The summed E-state index contributed by atoms with van der Waals surface area (Å²) in [5.41, 5.74) is 0. The van der Waals surface area contributed by atoms with E-state index in [0.717, 1.165) is 19.3 Å². The predicted octanol–water partition coefficient (Wildman–Crippen LogP) is 8.93. The first-order valence-corrected chi connectivity index (χ1v) is 14.5. The molecule has 0 aromatic heterocycles. The summed E-state index contributed by atoms with van der Waals surface area (Å²) in [5.74, 6) is 5.81. The summed E-state index contributed by atoms with van der Waals surface area (Å²) in [6, 6.07) is 0. The zero-order chi connectivity index (χ0) is 26.4. The average Bonchev–Trinajstić information content (AvgIpc) is 2.87. The molecule has 0 aromatic rings. The van der Waals surface area contributed by atoms with Crippen molar-refractivity contribution in [1.29, 1.82) is 0 Å². The van der Waals surface area contributed by atoms with Gasteiger partial charge in [-0.25, -0.2) is 4.79 Å². The van der Waals surface area contributed by atoms with Gasteiger partial charge in [0, 0.05) is 5.92 Å². The minimum atomic E-state index is -1.07. The van der Waals surface area contributed by atoms with Gasteiger partial charge in [-0.2, -0.15) is 0 Å². The number of aliphatic hydroxyl groups is 1. The summed E-state index contributed by atoms with van der Waals surface area (Å²) in [6.45, 7) is 0. The van der Waals surface area contributed by atoms with Crippen LogP contribution in [0.25, 0.3) is 0 Å². The molecule has 2 N–H and O–H groups in total. The summed E-state index contributed by atoms with van der Waals surface area (Å²) in [5, 5.41) is 17.6. The van der Waals surface area contributed by atoms with E-state index in [9.17, 15) is 9.90 Å². The second-order valence-electron chi connectivity index (χ2n) is 9.65. The molecule has 0 radical (unpaired) electrons. The van der Waals surface area contributed by atoms with E-state index in [1.807, 2.05) is 12.2 Å². The third-order valence-corrected chi connectivity index (χ3v) is 6.27. The van der Waals surface area contributed by atoms with E-state index in [4.69, 9.17) is 11.5 Å². The number of allylic oxidation sites excluding steroid dienone is 5. The largest absolute Gasteiger partial charge is 0.472 e. The Hall–Kier alpha value is -2.23. The van der Waals surface area contributed by atoms with Gasteiger partial charge in [0.2, 0.25) is 0 Å². The summed E-state index contributed by atoms with van der Waals surface area (Å²) in [7, 11) is 0. The molecule has 202 valence electrons. The Morgan fingerprint density at radius 2 is 0.972 bits per heavy atom. The maximum Gasteiger partial charge on any atom is 0.382 e. The van der Waals surface area contributed by atoms with Crippen molar-refractivity contribution >= 4 is 5.97 Å². The van der Waals surface area contributed by atoms with Crippen molar-refractivity contribution in [2.24, 2.45) is 0 Å². The lowest BCUT2D eigenvalue weighted by Gasteiger charge is -2.02. The van der Waals surface area contributed by atoms with Gasteiger partial charge < -0.3 is 10.2 Å². The molecule has 0 saturated carbocycles. The second-order valence-corrected chi connectivity index (χ2v) is 9.65. The summed E-state index contributed by atoms with van der Waals surface area (Å²) in [4.78, 5) is 10.2. The van der Waals surface area contributed by atoms with Crippen molar-refractivity contribution in [3.8, 4) is 24.2 Å². The van der Waals surface area contributed by atoms with Crippen LogP contribution in [0.15, 0.2) is 36.5 Å². The smallest absolute Gasteiger partial charge is 0.382 e. The molecule has 0 bridgehead atoms. The minimum Gasteiger partial charge on any atom is -0.472 e. The van der Waals surface area contributed by atoms with Gasteiger partial charge in [-0.05, 0) is 63.5 Å². The number of terminal acetylenes is 1. The van der Waals surface area contributed by atoms with Crippen LogP contribution in [0.5, 0.6) is 0 Å². The Morgan fingerprint density at radius 3 is 1.36 bits per heavy atom. The number of carboxylic acid groups (broad SMARTS) is 1. The Kier molecular flexibility index (Phi) is 27.2. The van der Waals surface area contributed by atoms with Crippen LogP contribution in [0, 0.1) is 24.2 Å². The molecule has 36 heavy (non-hydrogen) atoms. The van der Waals surface area contributed by atoms with E-state index in [1.54, 1.807) is 12.2 Å². The Bertz CT molecular complexity index is 684. The number of rotatable bonds is 24. The molecule has 0 heterocycles. The average molecular weight is 497 g/mol. The molecular weight excluding hydrogens is 444 g/mol. The van der Waals surface area contributed by atoms with E-state index in [-0.39, 0.29) is 0 Å². The zero-order valence-corrected chi connectivity index (χ0v) is 22.8. The third kappa shape index (κ3) is 29.8. The van der Waals surface area contributed by atoms with Crippen molar-refractivity contribution in [2.45, 2.75) is 141 Å². The highest BCUT2D eigenvalue weighted by molar-refractivity contribution is 5.86. The molecule has 3 heteroatoms. The van der Waals surface area contributed by atoms with Crippen molar-refractivity contribution in [3.63, 3.8) is 0 Å². The van der Waals surface area contributed by atoms with Crippen LogP contribution < -0.4 is 0 Å². The quantitative estimate of drug-likeness (QED) is 0.0796. The molecule has 0 aliphatic heterocycles. The summed E-state index contributed by atoms with van der Waals surface area (Å²) in [6.07, 6.45) is 43.3. The SMILES string of the molecule is C#CC(O)C=CCCCCCCCCCCCCC=CCCCCCCCCCC=CC#CC(=O)O. The van der Waals surface area contributed by atoms with Gasteiger partial charge in [0.25, 0.3) is 0 Å². The Morgan fingerprint density at radius 1 is 0.611 bits per heavy atom. The van der Waals surface area contributed by atoms with Gasteiger partial charge in [0.05, 0.1) is 0 Å². The second kappa shape index (κ2) is 29.0. The lowest BCUT2D eigenvalue weighted by atomic mass is 10.0. The zero-order valence-electron chi connectivity index (χ0n) is 22.8. The van der Waals surface area contributed by atoms with Crippen LogP contribution in [-0.4, -0.2) is 22.3 Å². The van der Waals surface area contributed by atoms with Gasteiger partial charge in [-0.3, -0.25) is 0 Å². The highest BCUT2D eigenvalue weighted by Crippen LogP contribution is 2.13. The third-order valence-electron chi connectivity index (χ3n) is 6.27. The lowest BCUT2D eigenvalue weighted by Crippen LogP contribution is -1.95. The fourth-order valence-corrected chi connectivity index (χ4v) is 4.11. The monoisotopic (exact) mass is 496 g/mol. The highest BCUT2D eigenvalue weighted by Gasteiger charge is 1.94. The minimum absolute atomic E-state index is 0.722. The molecule has 0 amide bonds. The van der Waals surface area contributed by atoms with E-state index in [2.05, 4.69) is 29.9 Å². The van der Waals surface area contributed by atoms with Gasteiger partial charge in [-0.15, -0.1) is 6.42 Å². The van der Waals surface area contributed by atoms with Gasteiger partial charge in [0.1, 0.15) is 6.10 Å². The normalized spacial score (nSPS) is 12.2. The lowest BCUT2D eigenvalue weighted by molar-refractivity contribution is -0.130. The van der Waals surface area contributed by atoms with Crippen LogP contribution in [0.4, 0.5) is 0 Å². The first-order valence-electron chi connectivity index (χ1n) is 14.5. The van der Waals surface area contributed by atoms with Crippen LogP contribution in [-0.2, 0) is 4.79 Å². The van der Waals surface area contributed by atoms with Gasteiger partial charge in [0.15, 0.2) is 0 Å². The molecule has 1 atom stereocenters. The van der Waals surface area contributed by atoms with Crippen LogP contribution in [0.1, 0.15) is 135 Å². The maximum atomic E-state index is 10.2. The van der Waals surface area contributed by atoms with E-state index < -0.39 is 12.1 Å². The number of carbonyl (C=O) groups is 1. The summed E-state index contributed by atoms with van der Waals surface area (Å²) >= 11 is 0. The number of aliphatic carboxylic acids is 1. The molecule has 0 aliphatic carbocycles. The van der Waals surface area contributed by atoms with Gasteiger partial charge in [-0.1, -0.05) is 120 Å². The first-order chi connectivity index (χ1) is 17.7. The fraction of sp³-hybridized carbons (Fsp3) is 0.667. The molecule has 3 nitrogen and oxygen atoms in total. The molecule has 0 fully saturated rings. The molecular formula is C33H52O3. The van der Waals surface area contributed by atoms with Crippen molar-refractivity contribution < 1.29 is 15.0 Å². The maximum absolute atomic E-state index is 10.2. The topological polar surface area (TPSA) is 57.5 Å². The molecule has 0 saturated heterocycles. The van der Waals surface area contributed by atoms with E-state index >= 15 is 0 Å². The number of hydrogen-bond donors (Lipinski definition) is 2. The van der Waals surface area contributed by atoms with E-state index in [0.29, 0.717) is 0 Å². The first kappa shape index (κ1) is 33.8. The fourth-order valence-electron chi connectivity index (χ4n) is 4.11. The number of aliphatic hydroxyl groups excluding tert-OH is 1. The molecule has 1 unspecified atom stereocenters. The van der Waals surface area contributed by atoms with Gasteiger partial charge >= 0.3 is 5.97 Å². The number of unbranched alkanes of at least 4 members (excludes halogenated alkanes) is 19. The molecule has 0 spiro atoms. The van der Waals surface area contributed by atoms with Crippen LogP contribution >= 0.6 is 0 Å². The molecule has 0 aromatic carbocycles. The molecule has 0 rings (SSSR count). The Balaban J connectivity index is 3.21. The standard InChI is InChI=1S/C33H52O3/c1-2-32(34)30-28-26-24-22-20-18-16-14-12-10-8-6-4-3-5-7-9-11-13-15-17-19-21-23-25-27-29-31-33(35)36/h1,3,5,25,27-28,30,32,34H,4,6-24,26H2,(H,35,36). The molecule has 0 aliphatic rings.